The molecule has 26 heavy (non-hydrogen) atoms. The van der Waals surface area contributed by atoms with Crippen molar-refractivity contribution >= 4 is 51.3 Å². The van der Waals surface area contributed by atoms with Gasteiger partial charge in [-0.1, -0.05) is 0 Å². The Morgan fingerprint density at radius 1 is 1.38 bits per heavy atom. The molecule has 0 bridgehead atoms. The minimum Gasteiger partial charge on any atom is -0.379 e. The molecule has 0 spiro atoms. The van der Waals surface area contributed by atoms with Crippen LogP contribution in [0.1, 0.15) is 11.3 Å². The molecule has 2 aliphatic heterocycles. The van der Waals surface area contributed by atoms with Gasteiger partial charge in [0, 0.05) is 44.1 Å². The Hall–Kier alpha value is -0.470. The summed E-state index contributed by atoms with van der Waals surface area (Å²) < 4.78 is 28.3. The lowest BCUT2D eigenvalue weighted by atomic mass is 10.2. The smallest absolute Gasteiger partial charge is 0.247 e. The van der Waals surface area contributed by atoms with Crippen LogP contribution < -0.4 is 10.5 Å². The van der Waals surface area contributed by atoms with Crippen molar-refractivity contribution in [1.29, 1.82) is 0 Å². The van der Waals surface area contributed by atoms with Crippen molar-refractivity contribution < 1.29 is 13.2 Å². The second kappa shape index (κ2) is 9.64. The summed E-state index contributed by atoms with van der Waals surface area (Å²) in [7, 11) is -1.85. The third kappa shape index (κ3) is 5.52. The molecule has 1 aromatic rings. The summed E-state index contributed by atoms with van der Waals surface area (Å²) in [6.07, 6.45) is 1.12. The number of nitrogens with one attached hydrogen (secondary N) is 1. The highest BCUT2D eigenvalue weighted by Crippen LogP contribution is 2.21. The van der Waals surface area contributed by atoms with Gasteiger partial charge >= 0.3 is 0 Å². The molecular weight excluding hydrogens is 489 g/mol. The number of guanidine groups is 1. The number of hydrogen-bond donors (Lipinski definition) is 2. The first-order valence-electron chi connectivity index (χ1n) is 8.36. The number of morpholine rings is 1. The van der Waals surface area contributed by atoms with E-state index < -0.39 is 10.0 Å². The molecule has 0 aromatic carbocycles. The van der Waals surface area contributed by atoms with E-state index in [1.165, 1.54) is 11.3 Å². The lowest BCUT2D eigenvalue weighted by Gasteiger charge is -2.32. The van der Waals surface area contributed by atoms with Crippen LogP contribution in [0.2, 0.25) is 0 Å². The fourth-order valence-corrected chi connectivity index (χ4v) is 5.00. The van der Waals surface area contributed by atoms with Crippen LogP contribution in [0.15, 0.2) is 21.3 Å². The molecule has 2 saturated heterocycles. The number of primary sulfonamides is 1. The normalized spacial score (nSPS) is 22.3. The van der Waals surface area contributed by atoms with Crippen LogP contribution in [-0.2, 0) is 21.3 Å². The van der Waals surface area contributed by atoms with Gasteiger partial charge in [-0.25, -0.2) is 13.6 Å². The predicted molar refractivity (Wildman–Crippen MR) is 114 cm³/mol. The van der Waals surface area contributed by atoms with E-state index in [0.29, 0.717) is 12.6 Å². The first kappa shape index (κ1) is 21.8. The first-order valence-corrected chi connectivity index (χ1v) is 10.7. The summed E-state index contributed by atoms with van der Waals surface area (Å²) >= 11 is 1.19. The van der Waals surface area contributed by atoms with Gasteiger partial charge in [-0.15, -0.1) is 35.3 Å². The highest BCUT2D eigenvalue weighted by Gasteiger charge is 2.30. The Labute approximate surface area is 175 Å². The standard InChI is InChI=1S/C15H25N5O3S2.HI/c1-17-15(18-10-13-2-3-14(24-13)25(16,21)22)20-5-4-12(11-20)19-6-8-23-9-7-19;/h2-3,12H,4-11H2,1H3,(H,17,18)(H2,16,21,22);1H. The van der Waals surface area contributed by atoms with Crippen LogP contribution in [0, 0.1) is 0 Å². The summed E-state index contributed by atoms with van der Waals surface area (Å²) in [5, 5.41) is 8.48. The molecule has 3 rings (SSSR count). The van der Waals surface area contributed by atoms with Crippen LogP contribution in [0.4, 0.5) is 0 Å². The van der Waals surface area contributed by atoms with Crippen LogP contribution in [-0.4, -0.2) is 76.7 Å². The Kier molecular flexibility index (Phi) is 8.09. The lowest BCUT2D eigenvalue weighted by molar-refractivity contribution is 0.0195. The maximum atomic E-state index is 11.4. The summed E-state index contributed by atoms with van der Waals surface area (Å²) in [5.41, 5.74) is 0. The van der Waals surface area contributed by atoms with Crippen LogP contribution in [0.25, 0.3) is 0 Å². The minimum atomic E-state index is -3.63. The number of thiophene rings is 1. The average Bonchev–Trinajstić information content (AvgIpc) is 3.25. The molecule has 3 heterocycles. The molecule has 1 atom stereocenters. The molecule has 0 aliphatic carbocycles. The van der Waals surface area contributed by atoms with Crippen molar-refractivity contribution in [3.05, 3.63) is 17.0 Å². The highest BCUT2D eigenvalue weighted by molar-refractivity contribution is 14.0. The molecule has 1 unspecified atom stereocenters. The zero-order valence-corrected chi connectivity index (χ0v) is 18.7. The minimum absolute atomic E-state index is 0. The Morgan fingerprint density at radius 2 is 2.12 bits per heavy atom. The van der Waals surface area contributed by atoms with E-state index in [2.05, 4.69) is 20.1 Å². The fraction of sp³-hybridized carbons (Fsp3) is 0.667. The van der Waals surface area contributed by atoms with Crippen LogP contribution in [0.5, 0.6) is 0 Å². The second-order valence-electron chi connectivity index (χ2n) is 6.20. The van der Waals surface area contributed by atoms with Crippen molar-refractivity contribution in [2.75, 3.05) is 46.4 Å². The van der Waals surface area contributed by atoms with Gasteiger partial charge in [0.05, 0.1) is 19.8 Å². The fourth-order valence-electron chi connectivity index (χ4n) is 3.28. The quantitative estimate of drug-likeness (QED) is 0.344. The number of nitrogens with two attached hydrogens (primary N) is 1. The number of ether oxygens (including phenoxy) is 1. The SMILES string of the molecule is CN=C(NCc1ccc(S(N)(=O)=O)s1)N1CCC(N2CCOCC2)C1.I. The van der Waals surface area contributed by atoms with E-state index in [4.69, 9.17) is 9.88 Å². The monoisotopic (exact) mass is 515 g/mol. The zero-order valence-electron chi connectivity index (χ0n) is 14.8. The van der Waals surface area contributed by atoms with E-state index in [-0.39, 0.29) is 28.2 Å². The van der Waals surface area contributed by atoms with Crippen LogP contribution >= 0.6 is 35.3 Å². The molecule has 8 nitrogen and oxygen atoms in total. The summed E-state index contributed by atoms with van der Waals surface area (Å²) in [5.74, 6) is 0.848. The molecule has 0 saturated carbocycles. The number of rotatable bonds is 4. The number of aliphatic imine (C=N–C) groups is 1. The summed E-state index contributed by atoms with van der Waals surface area (Å²) in [6.45, 7) is 6.07. The van der Waals surface area contributed by atoms with Gasteiger partial charge in [-0.05, 0) is 18.6 Å². The Bertz CT molecular complexity index is 719. The molecule has 148 valence electrons. The van der Waals surface area contributed by atoms with E-state index in [9.17, 15) is 8.42 Å². The van der Waals surface area contributed by atoms with Crippen molar-refractivity contribution in [2.24, 2.45) is 10.1 Å². The molecular formula is C15H26IN5O3S2. The van der Waals surface area contributed by atoms with E-state index in [0.717, 1.165) is 56.7 Å². The number of sulfonamides is 1. The molecule has 0 amide bonds. The molecule has 2 fully saturated rings. The van der Waals surface area contributed by atoms with E-state index in [1.54, 1.807) is 19.2 Å². The third-order valence-corrected chi connectivity index (χ3v) is 7.10. The Morgan fingerprint density at radius 3 is 2.73 bits per heavy atom. The predicted octanol–water partition coefficient (Wildman–Crippen LogP) is 0.495. The third-order valence-electron chi connectivity index (χ3n) is 4.57. The summed E-state index contributed by atoms with van der Waals surface area (Å²) in [4.78, 5) is 10.0. The number of likely N-dealkylation sites (tertiary alicyclic amines) is 1. The molecule has 0 radical (unpaired) electrons. The van der Waals surface area contributed by atoms with Crippen LogP contribution in [0.3, 0.4) is 0 Å². The van der Waals surface area contributed by atoms with Gasteiger partial charge in [0.1, 0.15) is 4.21 Å². The number of nitrogens with zero attached hydrogens (tertiary/aromatic N) is 3. The molecule has 2 aliphatic rings. The lowest BCUT2D eigenvalue weighted by Crippen LogP contribution is -2.46. The van der Waals surface area contributed by atoms with Gasteiger partial charge in [-0.3, -0.25) is 9.89 Å². The number of hydrogen-bond acceptors (Lipinski definition) is 6. The van der Waals surface area contributed by atoms with Crippen molar-refractivity contribution in [3.8, 4) is 0 Å². The maximum Gasteiger partial charge on any atom is 0.247 e. The molecule has 3 N–H and O–H groups in total. The molecule has 1 aromatic heterocycles. The van der Waals surface area contributed by atoms with Crippen molar-refractivity contribution in [2.45, 2.75) is 23.2 Å². The highest BCUT2D eigenvalue weighted by atomic mass is 127. The topological polar surface area (TPSA) is 100 Å². The number of halogens is 1. The van der Waals surface area contributed by atoms with Gasteiger partial charge in [0.2, 0.25) is 10.0 Å². The average molecular weight is 515 g/mol. The van der Waals surface area contributed by atoms with Gasteiger partial charge < -0.3 is 15.0 Å². The summed E-state index contributed by atoms with van der Waals surface area (Å²) in [6, 6.07) is 3.87. The van der Waals surface area contributed by atoms with E-state index in [1.807, 2.05) is 0 Å². The Balaban J connectivity index is 0.00000243. The van der Waals surface area contributed by atoms with Crippen molar-refractivity contribution in [3.63, 3.8) is 0 Å². The van der Waals surface area contributed by atoms with Gasteiger partial charge in [0.15, 0.2) is 5.96 Å². The zero-order chi connectivity index (χ0) is 17.9. The van der Waals surface area contributed by atoms with Crippen molar-refractivity contribution in [1.82, 2.24) is 15.1 Å². The van der Waals surface area contributed by atoms with Gasteiger partial charge in [0.25, 0.3) is 0 Å². The largest absolute Gasteiger partial charge is 0.379 e. The first-order chi connectivity index (χ1) is 12.0. The maximum absolute atomic E-state index is 11.4. The van der Waals surface area contributed by atoms with E-state index >= 15 is 0 Å². The van der Waals surface area contributed by atoms with Gasteiger partial charge in [-0.2, -0.15) is 0 Å². The second-order valence-corrected chi connectivity index (χ2v) is 9.16. The molecule has 11 heteroatoms.